The van der Waals surface area contributed by atoms with E-state index in [1.165, 1.54) is 16.8 Å². The van der Waals surface area contributed by atoms with E-state index < -0.39 is 0 Å². The molecule has 30 heavy (non-hydrogen) atoms. The van der Waals surface area contributed by atoms with Crippen molar-refractivity contribution in [2.75, 3.05) is 51.3 Å². The van der Waals surface area contributed by atoms with Gasteiger partial charge in [-0.2, -0.15) is 0 Å². The molecule has 4 nitrogen and oxygen atoms in total. The summed E-state index contributed by atoms with van der Waals surface area (Å²) in [4.78, 5) is 4.97. The van der Waals surface area contributed by atoms with Crippen molar-refractivity contribution < 1.29 is 9.84 Å². The summed E-state index contributed by atoms with van der Waals surface area (Å²) in [6.45, 7) is 12.0. The Morgan fingerprint density at radius 3 is 2.20 bits per heavy atom. The average Bonchev–Trinajstić information content (AvgIpc) is 2.77. The summed E-state index contributed by atoms with van der Waals surface area (Å²) in [5.41, 5.74) is 5.22. The van der Waals surface area contributed by atoms with E-state index in [2.05, 4.69) is 60.9 Å². The summed E-state index contributed by atoms with van der Waals surface area (Å²) < 4.78 is 5.25. The van der Waals surface area contributed by atoms with Crippen LogP contribution < -0.4 is 9.64 Å². The minimum Gasteiger partial charge on any atom is -0.497 e. The molecule has 1 heterocycles. The predicted molar refractivity (Wildman–Crippen MR) is 128 cm³/mol. The van der Waals surface area contributed by atoms with Gasteiger partial charge in [0, 0.05) is 38.4 Å². The molecule has 0 unspecified atom stereocenters. The number of anilines is 1. The molecule has 2 rings (SSSR count). The van der Waals surface area contributed by atoms with Gasteiger partial charge in [-0.1, -0.05) is 29.4 Å². The molecule has 1 N–H and O–H groups in total. The van der Waals surface area contributed by atoms with E-state index in [4.69, 9.17) is 4.74 Å². The van der Waals surface area contributed by atoms with Crippen LogP contribution in [0.5, 0.6) is 5.75 Å². The van der Waals surface area contributed by atoms with Crippen LogP contribution in [0.4, 0.5) is 5.69 Å². The van der Waals surface area contributed by atoms with Crippen molar-refractivity contribution in [2.24, 2.45) is 0 Å². The number of hydrogen-bond donors (Lipinski definition) is 1. The zero-order valence-corrected chi connectivity index (χ0v) is 19.4. The number of aliphatic hydroxyl groups is 1. The number of benzene rings is 1. The average molecular weight is 413 g/mol. The van der Waals surface area contributed by atoms with Crippen LogP contribution in [0, 0.1) is 0 Å². The lowest BCUT2D eigenvalue weighted by Crippen LogP contribution is -2.46. The van der Waals surface area contributed by atoms with Gasteiger partial charge in [0.1, 0.15) is 5.75 Å². The van der Waals surface area contributed by atoms with Gasteiger partial charge in [-0.05, 0) is 76.3 Å². The summed E-state index contributed by atoms with van der Waals surface area (Å²) in [5, 5.41) is 9.54. The molecule has 0 radical (unpaired) electrons. The topological polar surface area (TPSA) is 35.9 Å². The molecule has 0 aliphatic carbocycles. The number of methoxy groups -OCH3 is 1. The van der Waals surface area contributed by atoms with Gasteiger partial charge in [-0.25, -0.2) is 0 Å². The fourth-order valence-electron chi connectivity index (χ4n) is 3.66. The molecule has 0 spiro atoms. The molecular formula is C26H40N2O2. The highest BCUT2D eigenvalue weighted by Crippen LogP contribution is 2.20. The quantitative estimate of drug-likeness (QED) is 0.506. The largest absolute Gasteiger partial charge is 0.497 e. The van der Waals surface area contributed by atoms with Gasteiger partial charge in [0.2, 0.25) is 0 Å². The predicted octanol–water partition coefficient (Wildman–Crippen LogP) is 5.21. The first kappa shape index (κ1) is 24.2. The lowest BCUT2D eigenvalue weighted by Gasteiger charge is -2.35. The van der Waals surface area contributed by atoms with Crippen molar-refractivity contribution >= 4 is 5.69 Å². The van der Waals surface area contributed by atoms with E-state index >= 15 is 0 Å². The van der Waals surface area contributed by atoms with Crippen molar-refractivity contribution in [1.29, 1.82) is 0 Å². The number of ether oxygens (including phenoxy) is 1. The Hall–Kier alpha value is -2.04. The maximum absolute atomic E-state index is 9.54. The molecule has 0 bridgehead atoms. The Kier molecular flexibility index (Phi) is 10.7. The number of piperazine rings is 1. The maximum atomic E-state index is 9.54. The van der Waals surface area contributed by atoms with E-state index in [-0.39, 0.29) is 6.61 Å². The van der Waals surface area contributed by atoms with Gasteiger partial charge in [0.15, 0.2) is 0 Å². The van der Waals surface area contributed by atoms with Crippen LogP contribution in [0.3, 0.4) is 0 Å². The smallest absolute Gasteiger partial charge is 0.119 e. The third-order valence-corrected chi connectivity index (χ3v) is 5.70. The monoisotopic (exact) mass is 412 g/mol. The Labute approximate surface area is 183 Å². The zero-order chi connectivity index (χ0) is 21.8. The summed E-state index contributed by atoms with van der Waals surface area (Å²) in [6.07, 6.45) is 10.9. The number of rotatable bonds is 11. The summed E-state index contributed by atoms with van der Waals surface area (Å²) in [7, 11) is 1.71. The van der Waals surface area contributed by atoms with Crippen molar-refractivity contribution in [1.82, 2.24) is 4.90 Å². The highest BCUT2D eigenvalue weighted by molar-refractivity contribution is 5.49. The molecule has 1 aliphatic heterocycles. The van der Waals surface area contributed by atoms with Crippen LogP contribution >= 0.6 is 0 Å². The summed E-state index contributed by atoms with van der Waals surface area (Å²) in [5.74, 6) is 0.909. The van der Waals surface area contributed by atoms with Crippen LogP contribution in [-0.4, -0.2) is 56.4 Å². The lowest BCUT2D eigenvalue weighted by molar-refractivity contribution is 0.283. The Bertz CT molecular complexity index is 707. The lowest BCUT2D eigenvalue weighted by atomic mass is 10.1. The van der Waals surface area contributed by atoms with E-state index in [0.717, 1.165) is 69.7 Å². The highest BCUT2D eigenvalue weighted by atomic mass is 16.5. The molecule has 0 atom stereocenters. The first-order valence-corrected chi connectivity index (χ1v) is 11.2. The first-order valence-electron chi connectivity index (χ1n) is 11.2. The highest BCUT2D eigenvalue weighted by Gasteiger charge is 2.16. The Morgan fingerprint density at radius 2 is 1.60 bits per heavy atom. The second kappa shape index (κ2) is 13.3. The summed E-state index contributed by atoms with van der Waals surface area (Å²) >= 11 is 0. The van der Waals surface area contributed by atoms with E-state index in [1.54, 1.807) is 7.11 Å². The third kappa shape index (κ3) is 8.76. The van der Waals surface area contributed by atoms with Gasteiger partial charge in [0.25, 0.3) is 0 Å². The van der Waals surface area contributed by atoms with Gasteiger partial charge in [-0.15, -0.1) is 0 Å². The van der Waals surface area contributed by atoms with Crippen LogP contribution in [0.15, 0.2) is 59.2 Å². The van der Waals surface area contributed by atoms with Crippen LogP contribution in [0.25, 0.3) is 0 Å². The molecule has 0 saturated carbocycles. The molecule has 1 fully saturated rings. The fraction of sp³-hybridized carbons (Fsp3) is 0.538. The fourth-order valence-corrected chi connectivity index (χ4v) is 3.66. The van der Waals surface area contributed by atoms with Crippen LogP contribution in [0.1, 0.15) is 46.5 Å². The molecule has 1 aromatic carbocycles. The van der Waals surface area contributed by atoms with Crippen molar-refractivity contribution in [2.45, 2.75) is 46.5 Å². The van der Waals surface area contributed by atoms with E-state index in [9.17, 15) is 5.11 Å². The van der Waals surface area contributed by atoms with E-state index in [1.807, 2.05) is 12.1 Å². The minimum atomic E-state index is 0.178. The molecule has 1 aromatic rings. The minimum absolute atomic E-state index is 0.178. The van der Waals surface area contributed by atoms with Crippen molar-refractivity contribution in [3.63, 3.8) is 0 Å². The van der Waals surface area contributed by atoms with Gasteiger partial charge in [0.05, 0.1) is 13.7 Å². The van der Waals surface area contributed by atoms with Crippen LogP contribution in [-0.2, 0) is 0 Å². The van der Waals surface area contributed by atoms with Gasteiger partial charge < -0.3 is 14.7 Å². The molecule has 166 valence electrons. The van der Waals surface area contributed by atoms with Crippen molar-refractivity contribution in [3.05, 3.63) is 59.2 Å². The second-order valence-electron chi connectivity index (χ2n) is 8.42. The Balaban J connectivity index is 1.70. The maximum Gasteiger partial charge on any atom is 0.119 e. The molecule has 0 aromatic heterocycles. The van der Waals surface area contributed by atoms with Gasteiger partial charge in [-0.3, -0.25) is 4.90 Å². The van der Waals surface area contributed by atoms with Gasteiger partial charge >= 0.3 is 0 Å². The normalized spacial score (nSPS) is 16.0. The van der Waals surface area contributed by atoms with Crippen LogP contribution in [0.2, 0.25) is 0 Å². The molecule has 1 aliphatic rings. The number of nitrogens with zero attached hydrogens (tertiary/aromatic N) is 2. The van der Waals surface area contributed by atoms with Crippen molar-refractivity contribution in [3.8, 4) is 5.75 Å². The SMILES string of the molecule is COc1ccc(N2CCN(CC=C(C)CCC=C(CO)CCC=C(C)C)CC2)cc1. The molecule has 0 amide bonds. The number of hydrogen-bond acceptors (Lipinski definition) is 4. The second-order valence-corrected chi connectivity index (χ2v) is 8.42. The first-order chi connectivity index (χ1) is 14.5. The van der Waals surface area contributed by atoms with E-state index in [0.29, 0.717) is 0 Å². The standard InChI is InChI=1S/C26H40N2O2/c1-22(2)7-5-9-24(21-29)10-6-8-23(3)15-16-27-17-19-28(20-18-27)25-11-13-26(30-4)14-12-25/h7,10-15,29H,5-6,8-9,16-21H2,1-4H3. The molecule has 4 heteroatoms. The third-order valence-electron chi connectivity index (χ3n) is 5.70. The zero-order valence-electron chi connectivity index (χ0n) is 19.4. The number of aliphatic hydroxyl groups excluding tert-OH is 1. The molecular weight excluding hydrogens is 372 g/mol. The molecule has 1 saturated heterocycles. The Morgan fingerprint density at radius 1 is 0.933 bits per heavy atom. The summed E-state index contributed by atoms with van der Waals surface area (Å²) in [6, 6.07) is 8.36. The number of allylic oxidation sites excluding steroid dienone is 4.